The maximum absolute atomic E-state index is 4.76. The van der Waals surface area contributed by atoms with Crippen molar-refractivity contribution in [1.29, 1.82) is 0 Å². The fourth-order valence-electron chi connectivity index (χ4n) is 7.57. The van der Waals surface area contributed by atoms with Gasteiger partial charge in [-0.05, 0) is 69.8 Å². The molecule has 0 saturated heterocycles. The second-order valence-electron chi connectivity index (χ2n) is 16.1. The smallest absolute Gasteiger partial charge is 0.0886 e. The molecule has 14 heteroatoms. The number of rotatable bonds is 0. The summed E-state index contributed by atoms with van der Waals surface area (Å²) < 4.78 is 0. The van der Waals surface area contributed by atoms with Crippen molar-refractivity contribution in [2.75, 3.05) is 78.5 Å². The van der Waals surface area contributed by atoms with Crippen LogP contribution in [0, 0.1) is 0 Å². The molecule has 14 nitrogen and oxygen atoms in total. The number of nitrogens with zero attached hydrogens (tertiary/aromatic N) is 8. The van der Waals surface area contributed by atoms with E-state index in [9.17, 15) is 0 Å². The second kappa shape index (κ2) is 23.1. The van der Waals surface area contributed by atoms with Gasteiger partial charge in [-0.15, -0.1) is 0 Å². The van der Waals surface area contributed by atoms with Crippen LogP contribution >= 0.6 is 0 Å². The molecule has 0 unspecified atom stereocenters. The van der Waals surface area contributed by atoms with E-state index < -0.39 is 0 Å². The van der Waals surface area contributed by atoms with Crippen LogP contribution in [-0.4, -0.2) is 118 Å². The lowest BCUT2D eigenvalue weighted by molar-refractivity contribution is 0.271. The zero-order chi connectivity index (χ0) is 42.0. The molecule has 322 valence electrons. The van der Waals surface area contributed by atoms with Crippen molar-refractivity contribution in [2.24, 2.45) is 0 Å². The highest BCUT2D eigenvalue weighted by molar-refractivity contribution is 5.55. The van der Waals surface area contributed by atoms with E-state index in [0.29, 0.717) is 0 Å². The Kier molecular flexibility index (Phi) is 16.1. The lowest BCUT2D eigenvalue weighted by atomic mass is 10.2. The van der Waals surface area contributed by atoms with E-state index in [-0.39, 0.29) is 0 Å². The van der Waals surface area contributed by atoms with Crippen LogP contribution in [0.3, 0.4) is 0 Å². The van der Waals surface area contributed by atoms with Crippen LogP contribution < -0.4 is 31.9 Å². The van der Waals surface area contributed by atoms with Gasteiger partial charge in [0.2, 0.25) is 0 Å². The van der Waals surface area contributed by atoms with Crippen LogP contribution in [0.1, 0.15) is 33.4 Å². The first-order valence-corrected chi connectivity index (χ1v) is 22.1. The Hall–Kier alpha value is -5.42. The standard InChI is InChI=1S/C48H60N14/c1-7-43-44-8-2-38(32-56-44)26-50-16-22-62-23-17-53-29-41-5-11-47(59-35-41)45-9-3-39(33-57-45)27-51-14-20-61(19-13-49-25-37(1)31-55-43)21-15-52-28-40-4-10-46(58-34-40)48-12-6-42(36-60-48)30-54-18-24-62/h1-12,31-36,49-54H,13-30H2. The third kappa shape index (κ3) is 13.3. The quantitative estimate of drug-likeness (QED) is 0.132. The summed E-state index contributed by atoms with van der Waals surface area (Å²) in [5, 5.41) is 21.9. The Balaban J connectivity index is 0.992. The summed E-state index contributed by atoms with van der Waals surface area (Å²) in [6, 6.07) is 25.3. The lowest BCUT2D eigenvalue weighted by Gasteiger charge is -2.23. The van der Waals surface area contributed by atoms with E-state index in [4.69, 9.17) is 29.9 Å². The third-order valence-electron chi connectivity index (χ3n) is 11.3. The minimum Gasteiger partial charge on any atom is -0.311 e. The molecule has 0 aliphatic carbocycles. The van der Waals surface area contributed by atoms with Crippen LogP contribution in [0.5, 0.6) is 0 Å². The molecule has 0 fully saturated rings. The highest BCUT2D eigenvalue weighted by Gasteiger charge is 2.10. The largest absolute Gasteiger partial charge is 0.311 e. The monoisotopic (exact) mass is 833 g/mol. The lowest BCUT2D eigenvalue weighted by Crippen LogP contribution is -2.40. The Morgan fingerprint density at radius 1 is 0.258 bits per heavy atom. The minimum absolute atomic E-state index is 0.755. The summed E-state index contributed by atoms with van der Waals surface area (Å²) in [4.78, 5) is 33.6. The van der Waals surface area contributed by atoms with Gasteiger partial charge in [-0.2, -0.15) is 0 Å². The van der Waals surface area contributed by atoms with Gasteiger partial charge in [0, 0.05) is 155 Å². The molecule has 14 bridgehead atoms. The molecule has 33 rings (SSSR count). The van der Waals surface area contributed by atoms with Crippen LogP contribution in [0.25, 0.3) is 34.2 Å². The van der Waals surface area contributed by atoms with Gasteiger partial charge in [0.25, 0.3) is 0 Å². The molecule has 0 amide bonds. The van der Waals surface area contributed by atoms with Gasteiger partial charge in [0.05, 0.1) is 34.2 Å². The predicted molar refractivity (Wildman–Crippen MR) is 246 cm³/mol. The maximum atomic E-state index is 4.76. The molecule has 6 aromatic heterocycles. The van der Waals surface area contributed by atoms with Crippen LogP contribution in [0.15, 0.2) is 110 Å². The van der Waals surface area contributed by atoms with E-state index in [1.807, 2.05) is 37.2 Å². The van der Waals surface area contributed by atoms with Gasteiger partial charge in [0.15, 0.2) is 0 Å². The number of hydrogen-bond donors (Lipinski definition) is 6. The van der Waals surface area contributed by atoms with Gasteiger partial charge in [0.1, 0.15) is 0 Å². The number of aromatic nitrogens is 6. The van der Waals surface area contributed by atoms with Crippen LogP contribution in [0.4, 0.5) is 0 Å². The normalized spacial score (nSPS) is 19.4. The third-order valence-corrected chi connectivity index (χ3v) is 11.3. The Morgan fingerprint density at radius 2 is 0.435 bits per heavy atom. The molecule has 27 aliphatic rings. The molecular weight excluding hydrogens is 773 g/mol. The van der Waals surface area contributed by atoms with Gasteiger partial charge in [-0.1, -0.05) is 36.4 Å². The summed E-state index contributed by atoms with van der Waals surface area (Å²) in [6.07, 6.45) is 11.8. The minimum atomic E-state index is 0.755. The fraction of sp³-hybridized carbons (Fsp3) is 0.375. The molecule has 33 heterocycles. The zero-order valence-corrected chi connectivity index (χ0v) is 35.7. The van der Waals surface area contributed by atoms with Crippen molar-refractivity contribution < 1.29 is 0 Å². The molecule has 27 aliphatic heterocycles. The highest BCUT2D eigenvalue weighted by Crippen LogP contribution is 2.18. The van der Waals surface area contributed by atoms with Crippen molar-refractivity contribution >= 4 is 0 Å². The molecule has 0 atom stereocenters. The van der Waals surface area contributed by atoms with E-state index >= 15 is 0 Å². The van der Waals surface area contributed by atoms with Crippen molar-refractivity contribution in [3.8, 4) is 34.2 Å². The highest BCUT2D eigenvalue weighted by atomic mass is 15.2. The molecule has 0 spiro atoms. The van der Waals surface area contributed by atoms with E-state index in [2.05, 4.69) is 114 Å². The molecule has 0 aromatic carbocycles. The van der Waals surface area contributed by atoms with Crippen LogP contribution in [-0.2, 0) is 39.3 Å². The van der Waals surface area contributed by atoms with Crippen molar-refractivity contribution in [2.45, 2.75) is 39.3 Å². The zero-order valence-electron chi connectivity index (χ0n) is 35.7. The molecular formula is C48H60N14. The Labute approximate surface area is 365 Å². The molecule has 62 heavy (non-hydrogen) atoms. The van der Waals surface area contributed by atoms with Gasteiger partial charge >= 0.3 is 0 Å². The summed E-state index contributed by atoms with van der Waals surface area (Å²) in [7, 11) is 0. The summed E-state index contributed by atoms with van der Waals surface area (Å²) >= 11 is 0. The number of nitrogens with one attached hydrogen (secondary N) is 6. The van der Waals surface area contributed by atoms with Crippen molar-refractivity contribution in [1.82, 2.24) is 71.6 Å². The average Bonchev–Trinajstić information content (AvgIpc) is 3.32. The first-order chi connectivity index (χ1) is 30.7. The average molecular weight is 833 g/mol. The summed E-state index contributed by atoms with van der Waals surface area (Å²) in [6.45, 7) is 15.3. The second-order valence-corrected chi connectivity index (χ2v) is 16.1. The summed E-state index contributed by atoms with van der Waals surface area (Å²) in [5.74, 6) is 0. The number of pyridine rings is 6. The van der Waals surface area contributed by atoms with Crippen molar-refractivity contribution in [3.05, 3.63) is 143 Å². The molecule has 0 radical (unpaired) electrons. The van der Waals surface area contributed by atoms with Gasteiger partial charge in [-0.3, -0.25) is 39.7 Å². The SMILES string of the molecule is c1cc2ncc1CNCCN1CCNCc3ccc(nc3)-c3ccc(cn3)CNCCN(CCNCc3ccc-2nc3)CCNCc2ccc(nc2)-c2ccc(cn2)CNCC1. The topological polar surface area (TPSA) is 156 Å². The predicted octanol–water partition coefficient (Wildman–Crippen LogP) is 3.63. The Bertz CT molecular complexity index is 1780. The molecule has 6 aromatic rings. The van der Waals surface area contributed by atoms with E-state index in [1.165, 1.54) is 0 Å². The number of hydrogen-bond acceptors (Lipinski definition) is 14. The van der Waals surface area contributed by atoms with E-state index in [0.717, 1.165) is 185 Å². The maximum Gasteiger partial charge on any atom is 0.0886 e. The van der Waals surface area contributed by atoms with Crippen LogP contribution in [0.2, 0.25) is 0 Å². The van der Waals surface area contributed by atoms with Gasteiger partial charge in [-0.25, -0.2) is 0 Å². The first-order valence-electron chi connectivity index (χ1n) is 22.1. The first kappa shape index (κ1) is 43.2. The summed E-state index contributed by atoms with van der Waals surface area (Å²) in [5.41, 5.74) is 12.2. The Morgan fingerprint density at radius 3 is 0.581 bits per heavy atom. The van der Waals surface area contributed by atoms with E-state index in [1.54, 1.807) is 0 Å². The fourth-order valence-corrected chi connectivity index (χ4v) is 7.57. The molecule has 6 N–H and O–H groups in total. The van der Waals surface area contributed by atoms with Gasteiger partial charge < -0.3 is 31.9 Å². The van der Waals surface area contributed by atoms with Crippen molar-refractivity contribution in [3.63, 3.8) is 0 Å². The molecule has 0 saturated carbocycles.